The van der Waals surface area contributed by atoms with E-state index in [1.165, 1.54) is 17.8 Å². The minimum absolute atomic E-state index is 0.175. The summed E-state index contributed by atoms with van der Waals surface area (Å²) in [5.74, 6) is -0.392. The van der Waals surface area contributed by atoms with Gasteiger partial charge in [0.2, 0.25) is 0 Å². The van der Waals surface area contributed by atoms with Gasteiger partial charge in [-0.15, -0.1) is 11.3 Å². The third-order valence-electron chi connectivity index (χ3n) is 4.75. The van der Waals surface area contributed by atoms with Crippen LogP contribution in [-0.2, 0) is 4.79 Å². The van der Waals surface area contributed by atoms with E-state index in [-0.39, 0.29) is 6.04 Å². The molecule has 1 fully saturated rings. The third kappa shape index (κ3) is 3.45. The number of fused-ring (bicyclic) bond motifs is 1. The maximum absolute atomic E-state index is 12.7. The normalized spacial score (nSPS) is 18.5. The van der Waals surface area contributed by atoms with E-state index < -0.39 is 18.1 Å². The Hall–Kier alpha value is -1.50. The van der Waals surface area contributed by atoms with Crippen molar-refractivity contribution in [2.24, 2.45) is 0 Å². The molecule has 5 nitrogen and oxygen atoms in total. The SMILES string of the molecule is CCN(C(=O)C(O)C(O)c1nc2ccccc2s1)C1CCCCC1. The van der Waals surface area contributed by atoms with Gasteiger partial charge >= 0.3 is 0 Å². The maximum atomic E-state index is 12.7. The molecule has 2 N–H and O–H groups in total. The van der Waals surface area contributed by atoms with Crippen LogP contribution < -0.4 is 0 Å². The van der Waals surface area contributed by atoms with E-state index >= 15 is 0 Å². The summed E-state index contributed by atoms with van der Waals surface area (Å²) in [6.07, 6.45) is 2.64. The first-order valence-corrected chi connectivity index (χ1v) is 9.45. The Morgan fingerprint density at radius 1 is 1.29 bits per heavy atom. The van der Waals surface area contributed by atoms with E-state index in [0.29, 0.717) is 11.6 Å². The van der Waals surface area contributed by atoms with E-state index in [4.69, 9.17) is 0 Å². The number of rotatable bonds is 5. The molecule has 24 heavy (non-hydrogen) atoms. The van der Waals surface area contributed by atoms with E-state index in [1.54, 1.807) is 4.90 Å². The molecule has 1 heterocycles. The van der Waals surface area contributed by atoms with Crippen LogP contribution in [0.25, 0.3) is 10.2 Å². The Bertz CT molecular complexity index is 663. The van der Waals surface area contributed by atoms with Gasteiger partial charge in [0.25, 0.3) is 5.91 Å². The Labute approximate surface area is 145 Å². The second-order valence-electron chi connectivity index (χ2n) is 6.33. The van der Waals surface area contributed by atoms with Gasteiger partial charge in [0.1, 0.15) is 11.1 Å². The summed E-state index contributed by atoms with van der Waals surface area (Å²) in [5, 5.41) is 21.3. The highest BCUT2D eigenvalue weighted by molar-refractivity contribution is 7.18. The summed E-state index contributed by atoms with van der Waals surface area (Å²) < 4.78 is 0.936. The van der Waals surface area contributed by atoms with Crippen LogP contribution in [0.4, 0.5) is 0 Å². The molecule has 1 aromatic carbocycles. The smallest absolute Gasteiger partial charge is 0.254 e. The number of benzene rings is 1. The molecule has 6 heteroatoms. The van der Waals surface area contributed by atoms with Gasteiger partial charge in [0, 0.05) is 12.6 Å². The first-order chi connectivity index (χ1) is 11.6. The van der Waals surface area contributed by atoms with Gasteiger partial charge < -0.3 is 15.1 Å². The van der Waals surface area contributed by atoms with Crippen LogP contribution in [0.2, 0.25) is 0 Å². The van der Waals surface area contributed by atoms with Crippen LogP contribution in [0.3, 0.4) is 0 Å². The molecule has 0 spiro atoms. The van der Waals surface area contributed by atoms with E-state index in [9.17, 15) is 15.0 Å². The van der Waals surface area contributed by atoms with Gasteiger partial charge in [-0.1, -0.05) is 31.4 Å². The molecule has 2 aromatic rings. The number of carbonyl (C=O) groups excluding carboxylic acids is 1. The third-order valence-corrected chi connectivity index (χ3v) is 5.86. The fourth-order valence-corrected chi connectivity index (χ4v) is 4.43. The van der Waals surface area contributed by atoms with Crippen LogP contribution >= 0.6 is 11.3 Å². The number of aliphatic hydroxyl groups excluding tert-OH is 2. The number of likely N-dealkylation sites (N-methyl/N-ethyl adjacent to an activating group) is 1. The molecule has 0 aliphatic heterocycles. The molecule has 0 radical (unpaired) electrons. The van der Waals surface area contributed by atoms with Gasteiger partial charge in [0.15, 0.2) is 6.10 Å². The van der Waals surface area contributed by atoms with Gasteiger partial charge in [-0.3, -0.25) is 4.79 Å². The Balaban J connectivity index is 1.75. The fourth-order valence-electron chi connectivity index (χ4n) is 3.44. The first kappa shape index (κ1) is 17.3. The zero-order chi connectivity index (χ0) is 17.1. The number of carbonyl (C=O) groups is 1. The monoisotopic (exact) mass is 348 g/mol. The quantitative estimate of drug-likeness (QED) is 0.871. The van der Waals surface area contributed by atoms with E-state index in [1.807, 2.05) is 31.2 Å². The molecule has 1 aliphatic carbocycles. The average Bonchev–Trinajstić information content (AvgIpc) is 3.06. The summed E-state index contributed by atoms with van der Waals surface area (Å²) in [6, 6.07) is 7.73. The van der Waals surface area contributed by atoms with Crippen molar-refractivity contribution in [3.8, 4) is 0 Å². The van der Waals surface area contributed by atoms with Gasteiger partial charge in [-0.05, 0) is 31.9 Å². The largest absolute Gasteiger partial charge is 0.383 e. The van der Waals surface area contributed by atoms with Crippen molar-refractivity contribution in [1.29, 1.82) is 0 Å². The molecule has 0 saturated heterocycles. The highest BCUT2D eigenvalue weighted by Crippen LogP contribution is 2.29. The van der Waals surface area contributed by atoms with Crippen molar-refractivity contribution in [2.45, 2.75) is 57.3 Å². The van der Waals surface area contributed by atoms with Crippen molar-refractivity contribution in [1.82, 2.24) is 9.88 Å². The number of thiazole rings is 1. The second-order valence-corrected chi connectivity index (χ2v) is 7.39. The first-order valence-electron chi connectivity index (χ1n) is 8.64. The maximum Gasteiger partial charge on any atom is 0.254 e. The molecule has 2 unspecified atom stereocenters. The Morgan fingerprint density at radius 3 is 2.67 bits per heavy atom. The number of aliphatic hydroxyl groups is 2. The topological polar surface area (TPSA) is 73.7 Å². The van der Waals surface area contributed by atoms with Crippen molar-refractivity contribution < 1.29 is 15.0 Å². The number of nitrogens with zero attached hydrogens (tertiary/aromatic N) is 2. The van der Waals surface area contributed by atoms with Crippen LogP contribution in [0.1, 0.15) is 50.1 Å². The number of para-hydroxylation sites is 1. The van der Waals surface area contributed by atoms with E-state index in [2.05, 4.69) is 4.98 Å². The summed E-state index contributed by atoms with van der Waals surface area (Å²) in [5.41, 5.74) is 0.774. The second kappa shape index (κ2) is 7.59. The van der Waals surface area contributed by atoms with Gasteiger partial charge in [0.05, 0.1) is 10.2 Å². The summed E-state index contributed by atoms with van der Waals surface area (Å²) in [7, 11) is 0. The van der Waals surface area contributed by atoms with Gasteiger partial charge in [-0.25, -0.2) is 4.98 Å². The predicted molar refractivity (Wildman–Crippen MR) is 94.8 cm³/mol. The predicted octanol–water partition coefficient (Wildman–Crippen LogP) is 2.87. The minimum atomic E-state index is -1.47. The molecular weight excluding hydrogens is 324 g/mol. The van der Waals surface area contributed by atoms with Gasteiger partial charge in [-0.2, -0.15) is 0 Å². The van der Waals surface area contributed by atoms with Crippen LogP contribution in [-0.4, -0.2) is 44.7 Å². The van der Waals surface area contributed by atoms with Crippen LogP contribution in [0.5, 0.6) is 0 Å². The summed E-state index contributed by atoms with van der Waals surface area (Å²) in [4.78, 5) is 18.8. The molecule has 1 saturated carbocycles. The van der Waals surface area contributed by atoms with Crippen LogP contribution in [0.15, 0.2) is 24.3 Å². The van der Waals surface area contributed by atoms with Crippen molar-refractivity contribution in [3.05, 3.63) is 29.3 Å². The lowest BCUT2D eigenvalue weighted by Crippen LogP contribution is -2.48. The molecule has 2 atom stereocenters. The lowest BCUT2D eigenvalue weighted by atomic mass is 9.93. The molecule has 1 aromatic heterocycles. The highest BCUT2D eigenvalue weighted by Gasteiger charge is 2.34. The molecule has 1 amide bonds. The fraction of sp³-hybridized carbons (Fsp3) is 0.556. The van der Waals surface area contributed by atoms with E-state index in [0.717, 1.165) is 35.9 Å². The van der Waals surface area contributed by atoms with Crippen molar-refractivity contribution in [2.75, 3.05) is 6.54 Å². The molecule has 3 rings (SSSR count). The number of hydrogen-bond acceptors (Lipinski definition) is 5. The number of amides is 1. The summed E-state index contributed by atoms with van der Waals surface area (Å²) in [6.45, 7) is 2.47. The zero-order valence-corrected chi connectivity index (χ0v) is 14.7. The number of aromatic nitrogens is 1. The van der Waals surface area contributed by atoms with Crippen LogP contribution in [0, 0.1) is 0 Å². The highest BCUT2D eigenvalue weighted by atomic mass is 32.1. The molecular formula is C18H24N2O3S. The average molecular weight is 348 g/mol. The number of hydrogen-bond donors (Lipinski definition) is 2. The summed E-state index contributed by atoms with van der Waals surface area (Å²) >= 11 is 1.31. The molecule has 1 aliphatic rings. The lowest BCUT2D eigenvalue weighted by Gasteiger charge is -2.35. The van der Waals surface area contributed by atoms with Crippen molar-refractivity contribution >= 4 is 27.5 Å². The lowest BCUT2D eigenvalue weighted by molar-refractivity contribution is -0.149. The minimum Gasteiger partial charge on any atom is -0.383 e. The van der Waals surface area contributed by atoms with Crippen molar-refractivity contribution in [3.63, 3.8) is 0 Å². The zero-order valence-electron chi connectivity index (χ0n) is 13.9. The standard InChI is InChI=1S/C18H24N2O3S/c1-2-20(12-8-4-3-5-9-12)18(23)16(22)15(21)17-19-13-10-6-7-11-14(13)24-17/h6-7,10-12,15-16,21-22H,2-5,8-9H2,1H3. The Kier molecular flexibility index (Phi) is 5.48. The Morgan fingerprint density at radius 2 is 2.00 bits per heavy atom. The molecule has 130 valence electrons. The molecule has 0 bridgehead atoms.